The summed E-state index contributed by atoms with van der Waals surface area (Å²) < 4.78 is 7.43. The van der Waals surface area contributed by atoms with Crippen molar-refractivity contribution in [1.82, 2.24) is 9.55 Å². The average Bonchev–Trinajstić information content (AvgIpc) is 2.71. The molecule has 0 amide bonds. The number of aliphatic hydroxyl groups is 1. The van der Waals surface area contributed by atoms with Crippen LogP contribution >= 0.6 is 15.9 Å². The zero-order chi connectivity index (χ0) is 11.7. The lowest BCUT2D eigenvalue weighted by molar-refractivity contribution is -0.0246. The first-order valence-electron chi connectivity index (χ1n) is 4.92. The number of aliphatic hydroxyl groups excluding tert-OH is 1. The van der Waals surface area contributed by atoms with E-state index in [2.05, 4.69) is 20.9 Å². The average molecular weight is 290 g/mol. The van der Waals surface area contributed by atoms with E-state index in [4.69, 9.17) is 15.6 Å². The van der Waals surface area contributed by atoms with Gasteiger partial charge in [0.1, 0.15) is 12.0 Å². The van der Waals surface area contributed by atoms with Crippen molar-refractivity contribution in [1.29, 1.82) is 0 Å². The van der Waals surface area contributed by atoms with E-state index in [-0.39, 0.29) is 24.8 Å². The van der Waals surface area contributed by atoms with Crippen LogP contribution in [0.1, 0.15) is 19.1 Å². The van der Waals surface area contributed by atoms with Crippen molar-refractivity contribution in [2.45, 2.75) is 25.2 Å². The molecule has 1 aliphatic heterocycles. The first kappa shape index (κ1) is 11.6. The smallest absolute Gasteiger partial charge is 0.351 e. The minimum absolute atomic E-state index is 0.0329. The fourth-order valence-electron chi connectivity index (χ4n) is 1.69. The lowest BCUT2D eigenvalue weighted by atomic mass is 10.2. The Morgan fingerprint density at radius 3 is 3.06 bits per heavy atom. The third kappa shape index (κ3) is 2.11. The van der Waals surface area contributed by atoms with Gasteiger partial charge in [0.25, 0.3) is 0 Å². The minimum atomic E-state index is -0.440. The Bertz CT molecular complexity index is 448. The van der Waals surface area contributed by atoms with Crippen LogP contribution in [0.5, 0.6) is 0 Å². The Hall–Kier alpha value is -0.920. The molecule has 3 N–H and O–H groups in total. The van der Waals surface area contributed by atoms with E-state index in [1.54, 1.807) is 6.20 Å². The molecule has 1 saturated heterocycles. The van der Waals surface area contributed by atoms with Gasteiger partial charge in [0.2, 0.25) is 0 Å². The van der Waals surface area contributed by atoms with Gasteiger partial charge in [-0.3, -0.25) is 4.57 Å². The van der Waals surface area contributed by atoms with E-state index in [0.29, 0.717) is 10.9 Å². The maximum Gasteiger partial charge on any atom is 0.351 e. The Balaban J connectivity index is 2.28. The van der Waals surface area contributed by atoms with Crippen LogP contribution in [0.4, 0.5) is 5.82 Å². The van der Waals surface area contributed by atoms with E-state index in [1.165, 1.54) is 4.57 Å². The van der Waals surface area contributed by atoms with Gasteiger partial charge < -0.3 is 15.6 Å². The number of nitrogens with two attached hydrogens (primary N) is 1. The third-order valence-corrected chi connectivity index (χ3v) is 3.14. The van der Waals surface area contributed by atoms with Crippen LogP contribution in [0.15, 0.2) is 15.5 Å². The first-order chi connectivity index (χ1) is 7.61. The molecule has 1 aromatic heterocycles. The van der Waals surface area contributed by atoms with Crippen molar-refractivity contribution in [2.24, 2.45) is 0 Å². The summed E-state index contributed by atoms with van der Waals surface area (Å²) in [5.41, 5.74) is 5.05. The van der Waals surface area contributed by atoms with Crippen LogP contribution in [-0.4, -0.2) is 27.4 Å². The Morgan fingerprint density at radius 1 is 1.69 bits per heavy atom. The van der Waals surface area contributed by atoms with Crippen LogP contribution in [0.25, 0.3) is 0 Å². The van der Waals surface area contributed by atoms with Gasteiger partial charge in [-0.1, -0.05) is 0 Å². The van der Waals surface area contributed by atoms with Crippen molar-refractivity contribution >= 4 is 21.7 Å². The Labute approximate surface area is 100 Å². The molecule has 16 heavy (non-hydrogen) atoms. The van der Waals surface area contributed by atoms with Gasteiger partial charge in [0.15, 0.2) is 0 Å². The molecule has 88 valence electrons. The quantitative estimate of drug-likeness (QED) is 0.815. The summed E-state index contributed by atoms with van der Waals surface area (Å²) >= 11 is 3.21. The van der Waals surface area contributed by atoms with Crippen LogP contribution in [-0.2, 0) is 4.74 Å². The van der Waals surface area contributed by atoms with Gasteiger partial charge in [0, 0.05) is 6.20 Å². The highest BCUT2D eigenvalue weighted by atomic mass is 79.9. The molecule has 7 heteroatoms. The van der Waals surface area contributed by atoms with E-state index in [0.717, 1.165) is 6.42 Å². The zero-order valence-corrected chi connectivity index (χ0v) is 10.1. The molecule has 0 spiro atoms. The predicted molar refractivity (Wildman–Crippen MR) is 60.8 cm³/mol. The largest absolute Gasteiger partial charge is 0.394 e. The molecule has 0 radical (unpaired) electrons. The zero-order valence-electron chi connectivity index (χ0n) is 8.47. The monoisotopic (exact) mass is 289 g/mol. The van der Waals surface area contributed by atoms with Gasteiger partial charge in [-0.25, -0.2) is 4.79 Å². The third-order valence-electron chi connectivity index (χ3n) is 2.53. The van der Waals surface area contributed by atoms with E-state index >= 15 is 0 Å². The topological polar surface area (TPSA) is 90.4 Å². The van der Waals surface area contributed by atoms with Gasteiger partial charge in [-0.05, 0) is 28.8 Å². The molecule has 1 aromatic rings. The molecule has 6 nitrogen and oxygen atoms in total. The minimum Gasteiger partial charge on any atom is -0.394 e. The SMILES string of the molecule is Nc1nc(=O)n([C@@H]2CC[C@@H](CO)O2)cc1Br. The maximum atomic E-state index is 11.6. The summed E-state index contributed by atoms with van der Waals surface area (Å²) in [6.45, 7) is -0.0329. The van der Waals surface area contributed by atoms with Crippen LogP contribution in [0.3, 0.4) is 0 Å². The van der Waals surface area contributed by atoms with Crippen LogP contribution in [0, 0.1) is 0 Å². The second-order valence-electron chi connectivity index (χ2n) is 3.64. The summed E-state index contributed by atoms with van der Waals surface area (Å²) in [5.74, 6) is 0.165. The normalized spacial score (nSPS) is 24.9. The fraction of sp³-hybridized carbons (Fsp3) is 0.556. The molecule has 2 atom stereocenters. The number of nitrogens with zero attached hydrogens (tertiary/aromatic N) is 2. The summed E-state index contributed by atoms with van der Waals surface area (Å²) in [6, 6.07) is 0. The molecule has 0 saturated carbocycles. The highest BCUT2D eigenvalue weighted by Gasteiger charge is 2.27. The number of aromatic nitrogens is 2. The molecule has 0 unspecified atom stereocenters. The summed E-state index contributed by atoms with van der Waals surface area (Å²) in [5, 5.41) is 8.94. The van der Waals surface area contributed by atoms with Crippen molar-refractivity contribution in [3.05, 3.63) is 21.2 Å². The highest BCUT2D eigenvalue weighted by molar-refractivity contribution is 9.10. The molecule has 1 fully saturated rings. The van der Waals surface area contributed by atoms with Gasteiger partial charge >= 0.3 is 5.69 Å². The fourth-order valence-corrected chi connectivity index (χ4v) is 2.00. The van der Waals surface area contributed by atoms with Gasteiger partial charge in [-0.15, -0.1) is 0 Å². The lowest BCUT2D eigenvalue weighted by Gasteiger charge is -2.15. The standard InChI is InChI=1S/C9H12BrN3O3/c10-6-3-13(9(15)12-8(6)11)7-2-1-5(4-14)16-7/h3,5,7,14H,1-2,4H2,(H2,11,12,15)/t5-,7-/m0/s1. The van der Waals surface area contributed by atoms with Crippen molar-refractivity contribution in [3.8, 4) is 0 Å². The Kier molecular flexibility index (Phi) is 3.27. The predicted octanol–water partition coefficient (Wildman–Crippen LogP) is 0.258. The molecule has 0 aliphatic carbocycles. The van der Waals surface area contributed by atoms with Crippen LogP contribution in [0.2, 0.25) is 0 Å². The molecule has 0 aromatic carbocycles. The summed E-state index contributed by atoms with van der Waals surface area (Å²) in [6.07, 6.45) is 2.41. The molecular weight excluding hydrogens is 278 g/mol. The number of nitrogen functional groups attached to an aromatic ring is 1. The van der Waals surface area contributed by atoms with Crippen LogP contribution < -0.4 is 11.4 Å². The van der Waals surface area contributed by atoms with Crippen molar-refractivity contribution in [2.75, 3.05) is 12.3 Å². The van der Waals surface area contributed by atoms with Gasteiger partial charge in [0.05, 0.1) is 17.2 Å². The summed E-state index contributed by atoms with van der Waals surface area (Å²) in [4.78, 5) is 15.2. The number of hydrogen-bond donors (Lipinski definition) is 2. The van der Waals surface area contributed by atoms with E-state index < -0.39 is 5.69 Å². The molecule has 1 aliphatic rings. The molecular formula is C9H12BrN3O3. The highest BCUT2D eigenvalue weighted by Crippen LogP contribution is 2.27. The number of anilines is 1. The second kappa shape index (κ2) is 4.52. The second-order valence-corrected chi connectivity index (χ2v) is 4.49. The first-order valence-corrected chi connectivity index (χ1v) is 5.71. The summed E-state index contributed by atoms with van der Waals surface area (Å²) in [7, 11) is 0. The Morgan fingerprint density at radius 2 is 2.44 bits per heavy atom. The molecule has 2 heterocycles. The van der Waals surface area contributed by atoms with Crippen molar-refractivity contribution < 1.29 is 9.84 Å². The number of ether oxygens (including phenoxy) is 1. The molecule has 2 rings (SSSR count). The number of hydrogen-bond acceptors (Lipinski definition) is 5. The lowest BCUT2D eigenvalue weighted by Crippen LogP contribution is -2.28. The maximum absolute atomic E-state index is 11.6. The number of rotatable bonds is 2. The molecule has 0 bridgehead atoms. The van der Waals surface area contributed by atoms with Crippen molar-refractivity contribution in [3.63, 3.8) is 0 Å². The number of halogens is 1. The van der Waals surface area contributed by atoms with Gasteiger partial charge in [-0.2, -0.15) is 4.98 Å². The van der Waals surface area contributed by atoms with E-state index in [9.17, 15) is 4.79 Å². The van der Waals surface area contributed by atoms with E-state index in [1.807, 2.05) is 0 Å².